The quantitative estimate of drug-likeness (QED) is 0.207. The summed E-state index contributed by atoms with van der Waals surface area (Å²) in [6, 6.07) is 6.59. The minimum atomic E-state index is -1.52. The van der Waals surface area contributed by atoms with Gasteiger partial charge in [0.15, 0.2) is 0 Å². The van der Waals surface area contributed by atoms with Crippen LogP contribution < -0.4 is 0 Å². The minimum absolute atomic E-state index is 0.488. The van der Waals surface area contributed by atoms with Crippen molar-refractivity contribution < 1.29 is 50.3 Å². The molecule has 3 rings (SSSR count). The lowest BCUT2D eigenvalue weighted by Gasteiger charge is -2.37. The Morgan fingerprint density at radius 2 is 1.03 bits per heavy atom. The molecule has 10 atom stereocenters. The summed E-state index contributed by atoms with van der Waals surface area (Å²) in [4.78, 5) is 0. The van der Waals surface area contributed by atoms with Crippen molar-refractivity contribution in [2.45, 2.75) is 61.0 Å². The van der Waals surface area contributed by atoms with E-state index >= 15 is 0 Å². The molecule has 10 heteroatoms. The van der Waals surface area contributed by atoms with Gasteiger partial charge in [0.2, 0.25) is 0 Å². The smallest absolute Gasteiger partial charge is 0.147 e. The second kappa shape index (κ2) is 10.7. The van der Waals surface area contributed by atoms with Crippen molar-refractivity contribution in [2.24, 2.45) is 0 Å². The molecule has 2 aliphatic heterocycles. The topological polar surface area (TPSA) is 180 Å². The fourth-order valence-corrected chi connectivity index (χ4v) is 3.43. The average molecular weight is 450 g/mol. The Balaban J connectivity index is 1.74. The zero-order valence-corrected chi connectivity index (χ0v) is 16.9. The lowest BCUT2D eigenvalue weighted by Crippen LogP contribution is -2.58. The highest BCUT2D eigenvalue weighted by Crippen LogP contribution is 2.22. The molecule has 0 saturated carbocycles. The molecule has 1 aromatic carbocycles. The number of benzene rings is 1. The van der Waals surface area contributed by atoms with Gasteiger partial charge in [0.1, 0.15) is 61.0 Å². The Kier molecular flexibility index (Phi) is 8.22. The third-order valence-electron chi connectivity index (χ3n) is 5.36. The van der Waals surface area contributed by atoms with Gasteiger partial charge in [-0.05, 0) is 18.2 Å². The molecule has 0 aliphatic carbocycles. The Morgan fingerprint density at radius 3 is 1.41 bits per heavy atom. The van der Waals surface area contributed by atoms with E-state index in [1.165, 1.54) is 0 Å². The molecule has 32 heavy (non-hydrogen) atoms. The molecule has 174 valence electrons. The molecule has 0 aromatic heterocycles. The van der Waals surface area contributed by atoms with Crippen molar-refractivity contribution in [1.82, 2.24) is 0 Å². The summed E-state index contributed by atoms with van der Waals surface area (Å²) in [6.07, 6.45) is -13.3. The highest BCUT2D eigenvalue weighted by molar-refractivity contribution is 5.44. The highest BCUT2D eigenvalue weighted by atomic mass is 16.5. The maximum absolute atomic E-state index is 10.1. The molecule has 10 nitrogen and oxygen atoms in total. The van der Waals surface area contributed by atoms with Gasteiger partial charge in [-0.2, -0.15) is 0 Å². The van der Waals surface area contributed by atoms with E-state index in [4.69, 9.17) is 9.47 Å². The summed E-state index contributed by atoms with van der Waals surface area (Å²) in [6.45, 7) is -1.10. The molecule has 0 spiro atoms. The molecule has 0 radical (unpaired) electrons. The number of hydrogen-bond donors (Lipinski definition) is 8. The molecule has 1 aromatic rings. The van der Waals surface area contributed by atoms with E-state index in [1.807, 2.05) is 0 Å². The van der Waals surface area contributed by atoms with Crippen LogP contribution in [0.2, 0.25) is 0 Å². The van der Waals surface area contributed by atoms with Crippen LogP contribution in [-0.2, 0) is 9.47 Å². The van der Waals surface area contributed by atoms with Crippen molar-refractivity contribution >= 4 is 0 Å². The van der Waals surface area contributed by atoms with Crippen LogP contribution in [0.15, 0.2) is 24.3 Å². The van der Waals surface area contributed by atoms with E-state index in [0.29, 0.717) is 11.1 Å². The standard InChI is InChI=1S/C22H26O10/c23-9-15-19(27)21(29)17(25)13(31-15)6-4-11-2-1-3-12(8-11)5-7-14-18(26)22(30)20(28)16(10-24)32-14/h1-3,8,13-30H,9-10H2/t13-,14?,15-,16-,17-,18-,19-,20-,21-,22-/m1/s1. The number of ether oxygens (including phenoxy) is 2. The summed E-state index contributed by atoms with van der Waals surface area (Å²) in [5.74, 6) is 10.9. The lowest BCUT2D eigenvalue weighted by molar-refractivity contribution is -0.214. The number of aliphatic hydroxyl groups excluding tert-OH is 8. The van der Waals surface area contributed by atoms with Crippen molar-refractivity contribution in [1.29, 1.82) is 0 Å². The van der Waals surface area contributed by atoms with Gasteiger partial charge in [-0.15, -0.1) is 0 Å². The highest BCUT2D eigenvalue weighted by Gasteiger charge is 2.43. The number of hydrogen-bond acceptors (Lipinski definition) is 10. The third kappa shape index (κ3) is 5.29. The molecule has 1 unspecified atom stereocenters. The SMILES string of the molecule is OC[C@H]1O[C@H](C#Cc2cccc(C#CC3O[C@H](CO)[C@@H](O)[C@H](O)[C@@H]3O)c2)[C@@H](O)[C@@H](O)[C@@H]1O. The Hall–Kier alpha value is -2.06. The van der Waals surface area contributed by atoms with Gasteiger partial charge in [-0.1, -0.05) is 29.7 Å². The normalized spacial score (nSPS) is 39.4. The number of aliphatic hydroxyl groups is 8. The van der Waals surface area contributed by atoms with E-state index in [0.717, 1.165) is 0 Å². The first kappa shape index (κ1) is 24.6. The predicted octanol–water partition coefficient (Wildman–Crippen LogP) is -3.93. The van der Waals surface area contributed by atoms with Gasteiger partial charge in [0.05, 0.1) is 13.2 Å². The van der Waals surface area contributed by atoms with Crippen LogP contribution in [0.1, 0.15) is 11.1 Å². The fraction of sp³-hybridized carbons (Fsp3) is 0.545. The maximum atomic E-state index is 10.1. The van der Waals surface area contributed by atoms with Gasteiger partial charge in [-0.25, -0.2) is 0 Å². The summed E-state index contributed by atoms with van der Waals surface area (Å²) >= 11 is 0. The zero-order valence-electron chi connectivity index (χ0n) is 16.9. The van der Waals surface area contributed by atoms with Crippen molar-refractivity contribution in [3.63, 3.8) is 0 Å². The van der Waals surface area contributed by atoms with Crippen LogP contribution in [0.4, 0.5) is 0 Å². The van der Waals surface area contributed by atoms with Gasteiger partial charge >= 0.3 is 0 Å². The van der Waals surface area contributed by atoms with Crippen LogP contribution in [-0.4, -0.2) is 115 Å². The van der Waals surface area contributed by atoms with Crippen LogP contribution in [0.5, 0.6) is 0 Å². The van der Waals surface area contributed by atoms with Crippen LogP contribution >= 0.6 is 0 Å². The molecular weight excluding hydrogens is 424 g/mol. The largest absolute Gasteiger partial charge is 0.394 e. The fourth-order valence-electron chi connectivity index (χ4n) is 3.43. The lowest BCUT2D eigenvalue weighted by atomic mass is 9.95. The minimum Gasteiger partial charge on any atom is -0.394 e. The van der Waals surface area contributed by atoms with E-state index in [-0.39, 0.29) is 0 Å². The van der Waals surface area contributed by atoms with Crippen LogP contribution in [0, 0.1) is 23.7 Å². The molecular formula is C22H26O10. The Bertz CT molecular complexity index is 826. The number of rotatable bonds is 2. The third-order valence-corrected chi connectivity index (χ3v) is 5.36. The van der Waals surface area contributed by atoms with Crippen molar-refractivity contribution in [3.05, 3.63) is 35.4 Å². The van der Waals surface area contributed by atoms with Crippen molar-refractivity contribution in [3.8, 4) is 23.7 Å². The first-order valence-corrected chi connectivity index (χ1v) is 10.0. The summed E-state index contributed by atoms with van der Waals surface area (Å²) in [5, 5.41) is 77.9. The van der Waals surface area contributed by atoms with E-state index in [1.54, 1.807) is 24.3 Å². The average Bonchev–Trinajstić information content (AvgIpc) is 2.80. The zero-order chi connectivity index (χ0) is 23.4. The van der Waals surface area contributed by atoms with Gasteiger partial charge in [0, 0.05) is 11.1 Å². The monoisotopic (exact) mass is 450 g/mol. The van der Waals surface area contributed by atoms with Crippen LogP contribution in [0.25, 0.3) is 0 Å². The molecule has 0 bridgehead atoms. The van der Waals surface area contributed by atoms with Gasteiger partial charge in [-0.3, -0.25) is 0 Å². The first-order chi connectivity index (χ1) is 15.3. The molecule has 2 aliphatic rings. The Morgan fingerprint density at radius 1 is 0.625 bits per heavy atom. The van der Waals surface area contributed by atoms with Gasteiger partial charge in [0.25, 0.3) is 0 Å². The molecule has 2 fully saturated rings. The molecule has 8 N–H and O–H groups in total. The Labute approximate surface area is 184 Å². The van der Waals surface area contributed by atoms with Crippen LogP contribution in [0.3, 0.4) is 0 Å². The first-order valence-electron chi connectivity index (χ1n) is 10.0. The molecule has 0 amide bonds. The second-order valence-electron chi connectivity index (χ2n) is 7.62. The summed E-state index contributed by atoms with van der Waals surface area (Å²) in [5.41, 5.74) is 0.977. The molecule has 2 heterocycles. The predicted molar refractivity (Wildman–Crippen MR) is 108 cm³/mol. The van der Waals surface area contributed by atoms with E-state index in [9.17, 15) is 40.9 Å². The maximum Gasteiger partial charge on any atom is 0.147 e. The summed E-state index contributed by atoms with van der Waals surface area (Å²) < 4.78 is 10.7. The van der Waals surface area contributed by atoms with E-state index < -0.39 is 74.3 Å². The second-order valence-corrected chi connectivity index (χ2v) is 7.62. The van der Waals surface area contributed by atoms with E-state index in [2.05, 4.69) is 23.7 Å². The summed E-state index contributed by atoms with van der Waals surface area (Å²) in [7, 11) is 0. The van der Waals surface area contributed by atoms with Crippen molar-refractivity contribution in [2.75, 3.05) is 13.2 Å². The molecule has 2 saturated heterocycles. The van der Waals surface area contributed by atoms with Gasteiger partial charge < -0.3 is 50.3 Å².